The molecule has 9 nitrogen and oxygen atoms in total. The summed E-state index contributed by atoms with van der Waals surface area (Å²) >= 11 is 14.2. The number of aryl methyl sites for hydroxylation is 1. The Kier molecular flexibility index (Phi) is 7.08. The summed E-state index contributed by atoms with van der Waals surface area (Å²) < 4.78 is 35.6. The Morgan fingerprint density at radius 3 is 2.81 bits per heavy atom. The largest absolute Gasteiger partial charge is 0.487 e. The van der Waals surface area contributed by atoms with E-state index in [9.17, 15) is 18.3 Å². The Bertz CT molecular complexity index is 1610. The highest BCUT2D eigenvalue weighted by atomic mass is 35.5. The van der Waals surface area contributed by atoms with Crippen molar-refractivity contribution in [1.82, 2.24) is 18.8 Å². The molecule has 1 atom stereocenters. The van der Waals surface area contributed by atoms with Gasteiger partial charge in [-0.2, -0.15) is 4.31 Å². The molecule has 3 heterocycles. The van der Waals surface area contributed by atoms with Gasteiger partial charge in [-0.3, -0.25) is 4.79 Å². The van der Waals surface area contributed by atoms with E-state index in [1.54, 1.807) is 18.6 Å². The summed E-state index contributed by atoms with van der Waals surface area (Å²) in [7, 11) is -4.19. The van der Waals surface area contributed by atoms with E-state index < -0.39 is 22.0 Å². The van der Waals surface area contributed by atoms with Crippen molar-refractivity contribution >= 4 is 61.9 Å². The fourth-order valence-corrected chi connectivity index (χ4v) is 8.10. The fraction of sp³-hybridized carbons (Fsp3) is 0.208. The lowest BCUT2D eigenvalue weighted by Crippen LogP contribution is -2.41. The number of benzene rings is 2. The molecule has 4 aromatic rings. The van der Waals surface area contributed by atoms with Crippen LogP contribution in [0.15, 0.2) is 60.0 Å². The Morgan fingerprint density at radius 2 is 2.08 bits per heavy atom. The zero-order valence-electron chi connectivity index (χ0n) is 19.3. The van der Waals surface area contributed by atoms with Gasteiger partial charge in [0.15, 0.2) is 0 Å². The Hall–Kier alpha value is -2.83. The number of pyridine rings is 1. The Morgan fingerprint density at radius 1 is 1.27 bits per heavy atom. The van der Waals surface area contributed by atoms with E-state index in [2.05, 4.69) is 9.97 Å². The summed E-state index contributed by atoms with van der Waals surface area (Å²) in [6.07, 6.45) is 5.22. The van der Waals surface area contributed by atoms with Crippen LogP contribution in [0, 0.1) is 6.92 Å². The number of carboxylic acid groups (broad SMARTS) is 1. The molecule has 2 aromatic heterocycles. The third kappa shape index (κ3) is 4.77. The predicted octanol–water partition coefficient (Wildman–Crippen LogP) is 4.76. The number of imidazole rings is 1. The third-order valence-electron chi connectivity index (χ3n) is 5.93. The van der Waals surface area contributed by atoms with Gasteiger partial charge in [0.2, 0.25) is 10.0 Å². The van der Waals surface area contributed by atoms with E-state index in [0.29, 0.717) is 11.3 Å². The van der Waals surface area contributed by atoms with Crippen molar-refractivity contribution in [3.63, 3.8) is 0 Å². The Labute approximate surface area is 227 Å². The number of hydrogen-bond acceptors (Lipinski definition) is 7. The van der Waals surface area contributed by atoms with Crippen molar-refractivity contribution < 1.29 is 23.1 Å². The zero-order valence-corrected chi connectivity index (χ0v) is 22.5. The molecule has 1 aliphatic heterocycles. The van der Waals surface area contributed by atoms with Crippen molar-refractivity contribution in [3.05, 3.63) is 76.4 Å². The standard InChI is InChI=1S/C24H20Cl2N4O5S2/c1-14-9-18(29-8-7-27-12-29)15-3-2-4-20(23(15)28-14)35-10-16-17(25)5-6-21(22(16)26)37(33,34)30-13-36-11-19(30)24(31)32/h2-9,12,19H,10-11,13H2,1H3,(H,31,32)/t19-/m0/s1. The van der Waals surface area contributed by atoms with Crippen LogP contribution in [-0.4, -0.2) is 56.0 Å². The van der Waals surface area contributed by atoms with Crippen LogP contribution in [0.4, 0.5) is 0 Å². The molecule has 0 aliphatic carbocycles. The van der Waals surface area contributed by atoms with E-state index in [0.717, 1.165) is 21.1 Å². The molecule has 1 N–H and O–H groups in total. The molecule has 0 bridgehead atoms. The van der Waals surface area contributed by atoms with E-state index in [1.807, 2.05) is 35.9 Å². The lowest BCUT2D eigenvalue weighted by molar-refractivity contribution is -0.140. The zero-order chi connectivity index (χ0) is 26.3. The SMILES string of the molecule is Cc1cc(-n2ccnc2)c2cccc(OCc3c(Cl)ccc(S(=O)(=O)N4CSC[C@H]4C(=O)O)c3Cl)c2n1. The molecular formula is C24H20Cl2N4O5S2. The van der Waals surface area contributed by atoms with Gasteiger partial charge in [-0.1, -0.05) is 35.3 Å². The van der Waals surface area contributed by atoms with Gasteiger partial charge >= 0.3 is 5.97 Å². The summed E-state index contributed by atoms with van der Waals surface area (Å²) in [5.41, 5.74) is 2.53. The van der Waals surface area contributed by atoms with Crippen LogP contribution in [-0.2, 0) is 21.4 Å². The maximum atomic E-state index is 13.3. The first-order valence-corrected chi connectivity index (χ1v) is 14.3. The molecule has 2 aromatic carbocycles. The lowest BCUT2D eigenvalue weighted by atomic mass is 10.1. The molecule has 1 saturated heterocycles. The van der Waals surface area contributed by atoms with E-state index in [-0.39, 0.29) is 38.7 Å². The minimum Gasteiger partial charge on any atom is -0.487 e. The molecule has 5 rings (SSSR count). The van der Waals surface area contributed by atoms with Gasteiger partial charge in [0.25, 0.3) is 0 Å². The van der Waals surface area contributed by atoms with Crippen molar-refractivity contribution in [2.24, 2.45) is 0 Å². The van der Waals surface area contributed by atoms with Crippen LogP contribution in [0.2, 0.25) is 10.0 Å². The molecule has 0 saturated carbocycles. The number of fused-ring (bicyclic) bond motifs is 1. The number of para-hydroxylation sites is 1. The van der Waals surface area contributed by atoms with Crippen LogP contribution in [0.1, 0.15) is 11.3 Å². The van der Waals surface area contributed by atoms with Gasteiger partial charge in [-0.05, 0) is 31.2 Å². The molecule has 192 valence electrons. The number of carboxylic acids is 1. The molecule has 37 heavy (non-hydrogen) atoms. The molecule has 1 fully saturated rings. The molecule has 0 unspecified atom stereocenters. The molecule has 13 heteroatoms. The highest BCUT2D eigenvalue weighted by molar-refractivity contribution is 8.00. The number of thioether (sulfide) groups is 1. The van der Waals surface area contributed by atoms with E-state index >= 15 is 0 Å². The van der Waals surface area contributed by atoms with Gasteiger partial charge in [0, 0.05) is 39.8 Å². The number of sulfonamides is 1. The van der Waals surface area contributed by atoms with Crippen molar-refractivity contribution in [2.45, 2.75) is 24.5 Å². The highest BCUT2D eigenvalue weighted by Gasteiger charge is 2.41. The number of ether oxygens (including phenoxy) is 1. The van der Waals surface area contributed by atoms with Crippen molar-refractivity contribution in [2.75, 3.05) is 11.6 Å². The highest BCUT2D eigenvalue weighted by Crippen LogP contribution is 2.37. The second-order valence-corrected chi connectivity index (χ2v) is 11.9. The smallest absolute Gasteiger partial charge is 0.322 e. The number of carbonyl (C=O) groups is 1. The fourth-order valence-electron chi connectivity index (χ4n) is 4.10. The number of hydrogen-bond donors (Lipinski definition) is 1. The number of aromatic nitrogens is 3. The van der Waals surface area contributed by atoms with Gasteiger partial charge in [0.1, 0.15) is 28.8 Å². The molecule has 0 spiro atoms. The topological polar surface area (TPSA) is 115 Å². The molecular weight excluding hydrogens is 559 g/mol. The van der Waals surface area contributed by atoms with Gasteiger partial charge in [0.05, 0.1) is 22.9 Å². The van der Waals surface area contributed by atoms with Gasteiger partial charge < -0.3 is 14.4 Å². The number of nitrogens with zero attached hydrogens (tertiary/aromatic N) is 4. The van der Waals surface area contributed by atoms with Gasteiger partial charge in [-0.15, -0.1) is 11.8 Å². The monoisotopic (exact) mass is 578 g/mol. The lowest BCUT2D eigenvalue weighted by Gasteiger charge is -2.22. The van der Waals surface area contributed by atoms with Crippen LogP contribution in [0.5, 0.6) is 5.75 Å². The first kappa shape index (κ1) is 25.8. The summed E-state index contributed by atoms with van der Waals surface area (Å²) in [5.74, 6) is -0.574. The van der Waals surface area contributed by atoms with Crippen LogP contribution < -0.4 is 4.74 Å². The van der Waals surface area contributed by atoms with Crippen LogP contribution in [0.3, 0.4) is 0 Å². The normalized spacial score (nSPS) is 16.4. The number of aliphatic carboxylic acids is 1. The van der Waals surface area contributed by atoms with Crippen LogP contribution in [0.25, 0.3) is 16.6 Å². The Balaban J connectivity index is 1.50. The van der Waals surface area contributed by atoms with E-state index in [1.165, 1.54) is 23.9 Å². The first-order valence-electron chi connectivity index (χ1n) is 11.0. The average Bonchev–Trinajstić information content (AvgIpc) is 3.56. The second kappa shape index (κ2) is 10.1. The number of rotatable bonds is 7. The third-order valence-corrected chi connectivity index (χ3v) is 9.90. The average molecular weight is 579 g/mol. The van der Waals surface area contributed by atoms with E-state index in [4.69, 9.17) is 27.9 Å². The maximum Gasteiger partial charge on any atom is 0.322 e. The molecule has 0 amide bonds. The second-order valence-electron chi connectivity index (χ2n) is 8.28. The number of halogens is 2. The van der Waals surface area contributed by atoms with Gasteiger partial charge in [-0.25, -0.2) is 18.4 Å². The summed E-state index contributed by atoms with van der Waals surface area (Å²) in [5, 5.41) is 10.4. The summed E-state index contributed by atoms with van der Waals surface area (Å²) in [6, 6.07) is 8.98. The molecule has 0 radical (unpaired) electrons. The summed E-state index contributed by atoms with van der Waals surface area (Å²) in [6.45, 7) is 1.74. The summed E-state index contributed by atoms with van der Waals surface area (Å²) in [4.78, 5) is 20.1. The maximum absolute atomic E-state index is 13.3. The van der Waals surface area contributed by atoms with Crippen molar-refractivity contribution in [1.29, 1.82) is 0 Å². The minimum atomic E-state index is -4.19. The quantitative estimate of drug-likeness (QED) is 0.333. The minimum absolute atomic E-state index is 0.0182. The first-order chi connectivity index (χ1) is 17.7. The predicted molar refractivity (Wildman–Crippen MR) is 142 cm³/mol. The van der Waals surface area contributed by atoms with Crippen LogP contribution >= 0.6 is 35.0 Å². The molecule has 1 aliphatic rings. The van der Waals surface area contributed by atoms with Crippen molar-refractivity contribution in [3.8, 4) is 11.4 Å².